The molecule has 3 N–H and O–H groups in total. The summed E-state index contributed by atoms with van der Waals surface area (Å²) in [7, 11) is 0. The number of benzene rings is 1. The van der Waals surface area contributed by atoms with E-state index in [4.69, 9.17) is 4.42 Å². The molecule has 0 bridgehead atoms. The lowest BCUT2D eigenvalue weighted by atomic mass is 10.1. The minimum atomic E-state index is -0.851. The van der Waals surface area contributed by atoms with Crippen LogP contribution in [0, 0.1) is 13.8 Å². The van der Waals surface area contributed by atoms with Crippen LogP contribution in [0.15, 0.2) is 41.0 Å². The third-order valence-electron chi connectivity index (χ3n) is 3.09. The maximum Gasteiger partial charge on any atom is 0.319 e. The van der Waals surface area contributed by atoms with Gasteiger partial charge >= 0.3 is 6.03 Å². The molecule has 2 amide bonds. The smallest absolute Gasteiger partial charge is 0.319 e. The SMILES string of the molecule is Cc1ccc(NC(=O)NCC(O)c2ccco2)cc1C. The van der Waals surface area contributed by atoms with Gasteiger partial charge in [-0.25, -0.2) is 4.79 Å². The van der Waals surface area contributed by atoms with Gasteiger partial charge in [-0.15, -0.1) is 0 Å². The summed E-state index contributed by atoms with van der Waals surface area (Å²) in [6, 6.07) is 8.67. The van der Waals surface area contributed by atoms with Gasteiger partial charge in [0.25, 0.3) is 0 Å². The van der Waals surface area contributed by atoms with Crippen molar-refractivity contribution in [2.75, 3.05) is 11.9 Å². The third kappa shape index (κ3) is 3.61. The summed E-state index contributed by atoms with van der Waals surface area (Å²) >= 11 is 0. The lowest BCUT2D eigenvalue weighted by molar-refractivity contribution is 0.149. The molecule has 0 saturated carbocycles. The van der Waals surface area contributed by atoms with Crippen LogP contribution in [0.2, 0.25) is 0 Å². The Hall–Kier alpha value is -2.27. The van der Waals surface area contributed by atoms with E-state index in [1.807, 2.05) is 32.0 Å². The lowest BCUT2D eigenvalue weighted by Gasteiger charge is -2.11. The first-order valence-electron chi connectivity index (χ1n) is 6.40. The second kappa shape index (κ2) is 6.25. The van der Waals surface area contributed by atoms with Crippen LogP contribution < -0.4 is 10.6 Å². The minimum Gasteiger partial charge on any atom is -0.467 e. The number of hydrogen-bond acceptors (Lipinski definition) is 3. The molecule has 2 rings (SSSR count). The van der Waals surface area contributed by atoms with Crippen LogP contribution in [-0.2, 0) is 0 Å². The van der Waals surface area contributed by atoms with E-state index >= 15 is 0 Å². The monoisotopic (exact) mass is 274 g/mol. The highest BCUT2D eigenvalue weighted by Crippen LogP contribution is 2.14. The Labute approximate surface area is 117 Å². The fourth-order valence-corrected chi connectivity index (χ4v) is 1.77. The van der Waals surface area contributed by atoms with Crippen molar-refractivity contribution < 1.29 is 14.3 Å². The van der Waals surface area contributed by atoms with Gasteiger partial charge in [0, 0.05) is 5.69 Å². The molecule has 5 heteroatoms. The average molecular weight is 274 g/mol. The maximum absolute atomic E-state index is 11.7. The third-order valence-corrected chi connectivity index (χ3v) is 3.09. The number of urea groups is 1. The van der Waals surface area contributed by atoms with Crippen molar-refractivity contribution >= 4 is 11.7 Å². The molecule has 1 aromatic heterocycles. The van der Waals surface area contributed by atoms with Crippen molar-refractivity contribution in [3.05, 3.63) is 53.5 Å². The first-order valence-corrected chi connectivity index (χ1v) is 6.40. The summed E-state index contributed by atoms with van der Waals surface area (Å²) in [4.78, 5) is 11.7. The number of rotatable bonds is 4. The lowest BCUT2D eigenvalue weighted by Crippen LogP contribution is -2.32. The molecule has 1 aromatic carbocycles. The van der Waals surface area contributed by atoms with Gasteiger partial charge in [0.1, 0.15) is 11.9 Å². The molecule has 5 nitrogen and oxygen atoms in total. The molecule has 106 valence electrons. The molecule has 0 fully saturated rings. The predicted octanol–water partition coefficient (Wildman–Crippen LogP) is 2.75. The summed E-state index contributed by atoms with van der Waals surface area (Å²) in [6.45, 7) is 4.09. The molecular weight excluding hydrogens is 256 g/mol. The maximum atomic E-state index is 11.7. The van der Waals surface area contributed by atoms with E-state index in [0.29, 0.717) is 5.76 Å². The Balaban J connectivity index is 1.85. The Kier molecular flexibility index (Phi) is 4.42. The van der Waals surface area contributed by atoms with Gasteiger partial charge < -0.3 is 20.2 Å². The van der Waals surface area contributed by atoms with Gasteiger partial charge in [0.05, 0.1) is 12.8 Å². The Morgan fingerprint density at radius 3 is 2.75 bits per heavy atom. The number of furan rings is 1. The molecule has 1 heterocycles. The van der Waals surface area contributed by atoms with Crippen LogP contribution in [-0.4, -0.2) is 17.7 Å². The van der Waals surface area contributed by atoms with Crippen molar-refractivity contribution in [3.8, 4) is 0 Å². The topological polar surface area (TPSA) is 74.5 Å². The first-order chi connectivity index (χ1) is 9.56. The Morgan fingerprint density at radius 1 is 1.30 bits per heavy atom. The molecule has 1 unspecified atom stereocenters. The van der Waals surface area contributed by atoms with Crippen LogP contribution in [0.4, 0.5) is 10.5 Å². The summed E-state index contributed by atoms with van der Waals surface area (Å²) in [5.41, 5.74) is 3.00. The number of aliphatic hydroxyl groups is 1. The second-order valence-corrected chi connectivity index (χ2v) is 4.67. The fourth-order valence-electron chi connectivity index (χ4n) is 1.77. The molecule has 1 atom stereocenters. The number of aryl methyl sites for hydroxylation is 2. The van der Waals surface area contributed by atoms with Gasteiger partial charge in [-0.2, -0.15) is 0 Å². The van der Waals surface area contributed by atoms with E-state index < -0.39 is 6.10 Å². The number of carbonyl (C=O) groups is 1. The zero-order valence-electron chi connectivity index (χ0n) is 11.5. The molecule has 2 aromatic rings. The molecule has 20 heavy (non-hydrogen) atoms. The van der Waals surface area contributed by atoms with Gasteiger partial charge in [-0.1, -0.05) is 6.07 Å². The highest BCUT2D eigenvalue weighted by atomic mass is 16.4. The van der Waals surface area contributed by atoms with E-state index in [1.54, 1.807) is 12.1 Å². The Bertz CT molecular complexity index is 579. The molecule has 0 spiro atoms. The van der Waals surface area contributed by atoms with E-state index in [-0.39, 0.29) is 12.6 Å². The zero-order chi connectivity index (χ0) is 14.5. The van der Waals surface area contributed by atoms with Gasteiger partial charge in [-0.05, 0) is 49.2 Å². The van der Waals surface area contributed by atoms with Crippen molar-refractivity contribution in [1.29, 1.82) is 0 Å². The summed E-state index contributed by atoms with van der Waals surface area (Å²) in [5, 5.41) is 15.1. The van der Waals surface area contributed by atoms with Crippen molar-refractivity contribution in [2.45, 2.75) is 20.0 Å². The summed E-state index contributed by atoms with van der Waals surface area (Å²) in [5.74, 6) is 0.427. The number of aliphatic hydroxyl groups excluding tert-OH is 1. The van der Waals surface area contributed by atoms with Crippen LogP contribution >= 0.6 is 0 Å². The van der Waals surface area contributed by atoms with Crippen molar-refractivity contribution in [1.82, 2.24) is 5.32 Å². The van der Waals surface area contributed by atoms with Gasteiger partial charge in [-0.3, -0.25) is 0 Å². The minimum absolute atomic E-state index is 0.0875. The van der Waals surface area contributed by atoms with Crippen molar-refractivity contribution in [3.63, 3.8) is 0 Å². The number of hydrogen-bond donors (Lipinski definition) is 3. The average Bonchev–Trinajstić information content (AvgIpc) is 2.94. The van der Waals surface area contributed by atoms with Crippen LogP contribution in [0.1, 0.15) is 23.0 Å². The molecular formula is C15H18N2O3. The van der Waals surface area contributed by atoms with Crippen molar-refractivity contribution in [2.24, 2.45) is 0 Å². The number of anilines is 1. The predicted molar refractivity (Wildman–Crippen MR) is 76.6 cm³/mol. The second-order valence-electron chi connectivity index (χ2n) is 4.67. The van der Waals surface area contributed by atoms with E-state index in [2.05, 4.69) is 10.6 Å². The highest BCUT2D eigenvalue weighted by Gasteiger charge is 2.11. The summed E-state index contributed by atoms with van der Waals surface area (Å²) < 4.78 is 5.05. The molecule has 0 saturated heterocycles. The zero-order valence-corrected chi connectivity index (χ0v) is 11.5. The van der Waals surface area contributed by atoms with Crippen LogP contribution in [0.5, 0.6) is 0 Å². The fraction of sp³-hybridized carbons (Fsp3) is 0.267. The number of amides is 2. The van der Waals surface area contributed by atoms with E-state index in [9.17, 15) is 9.90 Å². The van der Waals surface area contributed by atoms with Crippen LogP contribution in [0.3, 0.4) is 0 Å². The molecule has 0 aliphatic carbocycles. The van der Waals surface area contributed by atoms with Gasteiger partial charge in [0.15, 0.2) is 0 Å². The quantitative estimate of drug-likeness (QED) is 0.802. The van der Waals surface area contributed by atoms with Gasteiger partial charge in [0.2, 0.25) is 0 Å². The number of nitrogens with one attached hydrogen (secondary N) is 2. The molecule has 0 radical (unpaired) electrons. The first kappa shape index (κ1) is 14.1. The molecule has 0 aliphatic rings. The van der Waals surface area contributed by atoms with E-state index in [0.717, 1.165) is 11.3 Å². The Morgan fingerprint density at radius 2 is 2.10 bits per heavy atom. The number of carbonyl (C=O) groups excluding carboxylic acids is 1. The largest absolute Gasteiger partial charge is 0.467 e. The normalized spacial score (nSPS) is 11.9. The highest BCUT2D eigenvalue weighted by molar-refractivity contribution is 5.89. The van der Waals surface area contributed by atoms with E-state index in [1.165, 1.54) is 11.8 Å². The molecule has 0 aliphatic heterocycles. The standard InChI is InChI=1S/C15H18N2O3/c1-10-5-6-12(8-11(10)2)17-15(19)16-9-13(18)14-4-3-7-20-14/h3-8,13,18H,9H2,1-2H3,(H2,16,17,19). The van der Waals surface area contributed by atoms with Crippen LogP contribution in [0.25, 0.3) is 0 Å². The summed E-state index contributed by atoms with van der Waals surface area (Å²) in [6.07, 6.45) is 0.628.